The highest BCUT2D eigenvalue weighted by atomic mass is 16.0. The summed E-state index contributed by atoms with van der Waals surface area (Å²) in [5.74, 6) is 8.00. The van der Waals surface area contributed by atoms with Gasteiger partial charge in [0.05, 0.1) is 0 Å². The quantitative estimate of drug-likeness (QED) is 0.210. The van der Waals surface area contributed by atoms with Crippen molar-refractivity contribution in [2.24, 2.45) is 23.2 Å². The molecule has 0 fully saturated rings. The minimum atomic E-state index is 0. The molecular weight excluding hydrogens is 96.0 g/mol. The third kappa shape index (κ3) is 131. The maximum atomic E-state index is 4.90. The summed E-state index contributed by atoms with van der Waals surface area (Å²) in [5, 5.41) is 0. The molecule has 0 aromatic heterocycles. The van der Waals surface area contributed by atoms with E-state index in [1.165, 1.54) is 0 Å². The van der Waals surface area contributed by atoms with Gasteiger partial charge >= 0.3 is 0 Å². The van der Waals surface area contributed by atoms with Crippen molar-refractivity contribution in [1.29, 1.82) is 0 Å². The number of hydrazine groups is 1. The fourth-order valence-electron chi connectivity index (χ4n) is 0. The molecule has 0 radical (unpaired) electrons. The van der Waals surface area contributed by atoms with E-state index in [4.69, 9.17) is 11.5 Å². The Kier molecular flexibility index (Phi) is 93.3. The van der Waals surface area contributed by atoms with Gasteiger partial charge in [-0.2, -0.15) is 0 Å². The molecule has 48 valence electrons. The molecule has 0 heterocycles. The average Bonchev–Trinajstić information content (AvgIpc) is 1.72. The molecule has 0 amide bonds. The minimum Gasteiger partial charge on any atom is -0.412 e. The molecule has 0 saturated heterocycles. The smallest absolute Gasteiger partial charge is 0.00461 e. The monoisotopic (exact) mass is 110 g/mol. The van der Waals surface area contributed by atoms with Crippen LogP contribution in [0, 0.1) is 0 Å². The number of hydrogen-bond donors (Lipinski definition) is 4. The standard InChI is InChI=1S/C2H8N2.H4N2.H2O/c3-1-2-4;1-2;/h1-4H2;1-2H2;1H2. The number of hydrogen-bond acceptors (Lipinski definition) is 4. The third-order valence-electron chi connectivity index (χ3n) is 0.167. The lowest BCUT2D eigenvalue weighted by Crippen LogP contribution is -2.11. The van der Waals surface area contributed by atoms with E-state index in [1.807, 2.05) is 0 Å². The van der Waals surface area contributed by atoms with Gasteiger partial charge in [-0.05, 0) is 0 Å². The molecule has 0 saturated carbocycles. The van der Waals surface area contributed by atoms with Gasteiger partial charge < -0.3 is 16.9 Å². The predicted molar refractivity (Wildman–Crippen MR) is 30.1 cm³/mol. The second-order valence-electron chi connectivity index (χ2n) is 0.577. The zero-order valence-electron chi connectivity index (χ0n) is 4.22. The van der Waals surface area contributed by atoms with E-state index in [1.54, 1.807) is 0 Å². The molecule has 0 aliphatic carbocycles. The number of rotatable bonds is 1. The summed E-state index contributed by atoms with van der Waals surface area (Å²) in [7, 11) is 0. The topological polar surface area (TPSA) is 136 Å². The summed E-state index contributed by atoms with van der Waals surface area (Å²) >= 11 is 0. The minimum absolute atomic E-state index is 0. The van der Waals surface area contributed by atoms with E-state index in [-0.39, 0.29) is 5.48 Å². The van der Waals surface area contributed by atoms with Crippen LogP contribution < -0.4 is 23.2 Å². The van der Waals surface area contributed by atoms with E-state index < -0.39 is 0 Å². The largest absolute Gasteiger partial charge is 0.412 e. The highest BCUT2D eigenvalue weighted by Gasteiger charge is 1.54. The molecule has 0 atom stereocenters. The fourth-order valence-corrected chi connectivity index (χ4v) is 0. The predicted octanol–water partition coefficient (Wildman–Crippen LogP) is -3.10. The molecular formula is C2H14N4O. The lowest BCUT2D eigenvalue weighted by atomic mass is 10.7. The highest BCUT2D eigenvalue weighted by molar-refractivity contribution is 4.26. The molecule has 0 aliphatic rings. The van der Waals surface area contributed by atoms with E-state index in [2.05, 4.69) is 11.7 Å². The summed E-state index contributed by atoms with van der Waals surface area (Å²) in [5.41, 5.74) is 9.81. The highest BCUT2D eigenvalue weighted by Crippen LogP contribution is 1.24. The van der Waals surface area contributed by atoms with E-state index >= 15 is 0 Å². The van der Waals surface area contributed by atoms with Gasteiger partial charge in [0.15, 0.2) is 0 Å². The zero-order chi connectivity index (χ0) is 5.41. The van der Waals surface area contributed by atoms with Crippen LogP contribution in [0.2, 0.25) is 0 Å². The molecule has 0 aromatic carbocycles. The van der Waals surface area contributed by atoms with Gasteiger partial charge in [-0.3, -0.25) is 11.7 Å². The molecule has 10 N–H and O–H groups in total. The van der Waals surface area contributed by atoms with Gasteiger partial charge in [-0.25, -0.2) is 0 Å². The van der Waals surface area contributed by atoms with Crippen molar-refractivity contribution in [3.63, 3.8) is 0 Å². The Balaban J connectivity index is -0.0000000480. The normalized spacial score (nSPS) is 5.14. The van der Waals surface area contributed by atoms with Gasteiger partial charge in [0, 0.05) is 13.1 Å². The van der Waals surface area contributed by atoms with Crippen LogP contribution in [0.25, 0.3) is 0 Å². The Labute approximate surface area is 42.9 Å². The number of nitrogens with two attached hydrogens (primary N) is 4. The molecule has 0 rings (SSSR count). The van der Waals surface area contributed by atoms with Gasteiger partial charge in [-0.15, -0.1) is 0 Å². The lowest BCUT2D eigenvalue weighted by Gasteiger charge is -1.72. The zero-order valence-corrected chi connectivity index (χ0v) is 4.22. The summed E-state index contributed by atoms with van der Waals surface area (Å²) in [6.07, 6.45) is 0. The molecule has 5 nitrogen and oxygen atoms in total. The van der Waals surface area contributed by atoms with Crippen molar-refractivity contribution in [1.82, 2.24) is 0 Å². The van der Waals surface area contributed by atoms with Crippen LogP contribution in [0.3, 0.4) is 0 Å². The molecule has 0 spiro atoms. The maximum Gasteiger partial charge on any atom is 0.00461 e. The van der Waals surface area contributed by atoms with Crippen LogP contribution >= 0.6 is 0 Å². The van der Waals surface area contributed by atoms with Crippen molar-refractivity contribution < 1.29 is 5.48 Å². The molecule has 0 unspecified atom stereocenters. The van der Waals surface area contributed by atoms with Crippen LogP contribution in [0.1, 0.15) is 0 Å². The summed E-state index contributed by atoms with van der Waals surface area (Å²) in [6.45, 7) is 1.19. The van der Waals surface area contributed by atoms with Crippen LogP contribution in [0.4, 0.5) is 0 Å². The van der Waals surface area contributed by atoms with E-state index in [0.29, 0.717) is 13.1 Å². The average molecular weight is 110 g/mol. The molecule has 7 heavy (non-hydrogen) atoms. The van der Waals surface area contributed by atoms with Gasteiger partial charge in [0.1, 0.15) is 0 Å². The van der Waals surface area contributed by atoms with Gasteiger partial charge in [-0.1, -0.05) is 0 Å². The Morgan fingerprint density at radius 1 is 0.857 bits per heavy atom. The Morgan fingerprint density at radius 3 is 1.00 bits per heavy atom. The fraction of sp³-hybridized carbons (Fsp3) is 1.00. The second-order valence-corrected chi connectivity index (χ2v) is 0.577. The van der Waals surface area contributed by atoms with Crippen molar-refractivity contribution >= 4 is 0 Å². The Hall–Kier alpha value is -0.200. The van der Waals surface area contributed by atoms with Crippen molar-refractivity contribution in [3.05, 3.63) is 0 Å². The van der Waals surface area contributed by atoms with Crippen molar-refractivity contribution in [3.8, 4) is 0 Å². The van der Waals surface area contributed by atoms with Gasteiger partial charge in [0.2, 0.25) is 0 Å². The Bertz CT molecular complexity index is 11.7. The first kappa shape index (κ1) is 15.8. The van der Waals surface area contributed by atoms with E-state index in [0.717, 1.165) is 0 Å². The SMILES string of the molecule is NCCN.NN.O. The molecule has 0 aliphatic heterocycles. The first-order valence-electron chi connectivity index (χ1n) is 1.65. The third-order valence-corrected chi connectivity index (χ3v) is 0.167. The molecule has 0 bridgehead atoms. The van der Waals surface area contributed by atoms with Crippen LogP contribution in [-0.4, -0.2) is 18.6 Å². The van der Waals surface area contributed by atoms with Crippen LogP contribution in [-0.2, 0) is 0 Å². The molecule has 5 heteroatoms. The first-order chi connectivity index (χ1) is 2.91. The van der Waals surface area contributed by atoms with Gasteiger partial charge in [0.25, 0.3) is 0 Å². The van der Waals surface area contributed by atoms with E-state index in [9.17, 15) is 0 Å². The van der Waals surface area contributed by atoms with Crippen molar-refractivity contribution in [2.45, 2.75) is 0 Å². The first-order valence-corrected chi connectivity index (χ1v) is 1.65. The van der Waals surface area contributed by atoms with Crippen molar-refractivity contribution in [2.75, 3.05) is 13.1 Å². The molecule has 0 aromatic rings. The lowest BCUT2D eigenvalue weighted by molar-refractivity contribution is 0.824. The summed E-state index contributed by atoms with van der Waals surface area (Å²) in [4.78, 5) is 0. The summed E-state index contributed by atoms with van der Waals surface area (Å²) < 4.78 is 0. The van der Waals surface area contributed by atoms with Crippen LogP contribution in [0.15, 0.2) is 0 Å². The maximum absolute atomic E-state index is 4.90. The van der Waals surface area contributed by atoms with Crippen LogP contribution in [0.5, 0.6) is 0 Å². The summed E-state index contributed by atoms with van der Waals surface area (Å²) in [6, 6.07) is 0. The second kappa shape index (κ2) is 41.2. The Morgan fingerprint density at radius 2 is 1.00 bits per heavy atom.